The molecule has 0 atom stereocenters. The van der Waals surface area contributed by atoms with Crippen LogP contribution in [0.25, 0.3) is 10.1 Å². The number of anilines is 1. The van der Waals surface area contributed by atoms with Crippen LogP contribution in [0.15, 0.2) is 18.2 Å². The van der Waals surface area contributed by atoms with Crippen LogP contribution in [0.3, 0.4) is 0 Å². The third-order valence-electron chi connectivity index (χ3n) is 2.92. The fraction of sp³-hybridized carbons (Fsp3) is 0.308. The molecule has 2 rings (SSSR count). The quantitative estimate of drug-likeness (QED) is 0.656. The van der Waals surface area contributed by atoms with E-state index in [0.29, 0.717) is 23.2 Å². The van der Waals surface area contributed by atoms with Gasteiger partial charge in [-0.2, -0.15) is 9.27 Å². The number of hydrogen-bond acceptors (Lipinski definition) is 6. The topological polar surface area (TPSA) is 117 Å². The molecule has 0 unspecified atom stereocenters. The fourth-order valence-electron chi connectivity index (χ4n) is 1.93. The van der Waals surface area contributed by atoms with Gasteiger partial charge in [0.15, 0.2) is 5.82 Å². The van der Waals surface area contributed by atoms with Crippen molar-refractivity contribution in [2.45, 2.75) is 13.8 Å². The first kappa shape index (κ1) is 16.6. The molecule has 9 nitrogen and oxygen atoms in total. The maximum Gasteiger partial charge on any atom is 0.331 e. The van der Waals surface area contributed by atoms with E-state index in [1.54, 1.807) is 19.9 Å². The monoisotopic (exact) mass is 337 g/mol. The zero-order chi connectivity index (χ0) is 17.0. The Morgan fingerprint density at radius 2 is 1.87 bits per heavy atom. The highest BCUT2D eigenvalue weighted by molar-refractivity contribution is 7.13. The molecule has 23 heavy (non-hydrogen) atoms. The number of nitrogens with zero attached hydrogens (tertiary/aromatic N) is 3. The Morgan fingerprint density at radius 3 is 2.39 bits per heavy atom. The van der Waals surface area contributed by atoms with Crippen LogP contribution < -0.4 is 15.5 Å². The summed E-state index contributed by atoms with van der Waals surface area (Å²) in [4.78, 5) is 35.7. The van der Waals surface area contributed by atoms with Crippen molar-refractivity contribution in [3.05, 3.63) is 28.3 Å². The van der Waals surface area contributed by atoms with Crippen LogP contribution in [0.4, 0.5) is 21.1 Å². The summed E-state index contributed by atoms with van der Waals surface area (Å²) in [7, 11) is 0. The van der Waals surface area contributed by atoms with Crippen LogP contribution in [-0.2, 0) is 0 Å². The first-order valence-electron chi connectivity index (χ1n) is 6.89. The van der Waals surface area contributed by atoms with Crippen LogP contribution >= 0.6 is 11.5 Å². The van der Waals surface area contributed by atoms with E-state index < -0.39 is 17.0 Å². The van der Waals surface area contributed by atoms with Gasteiger partial charge in [-0.25, -0.2) is 9.59 Å². The number of imide groups is 1. The van der Waals surface area contributed by atoms with Crippen molar-refractivity contribution in [1.82, 2.24) is 15.0 Å². The molecule has 0 radical (unpaired) electrons. The first-order valence-corrected chi connectivity index (χ1v) is 7.66. The summed E-state index contributed by atoms with van der Waals surface area (Å²) in [5, 5.41) is 16.4. The second-order valence-electron chi connectivity index (χ2n) is 4.45. The molecule has 0 saturated carbocycles. The number of nitrogens with one attached hydrogen (secondary N) is 2. The molecule has 1 aromatic heterocycles. The Hall–Kier alpha value is -2.75. The van der Waals surface area contributed by atoms with Crippen molar-refractivity contribution in [3.63, 3.8) is 0 Å². The Labute approximate surface area is 135 Å². The van der Waals surface area contributed by atoms with Gasteiger partial charge in [-0.1, -0.05) is 0 Å². The molecule has 10 heteroatoms. The molecule has 1 heterocycles. The minimum absolute atomic E-state index is 0.0746. The molecule has 0 spiro atoms. The predicted molar refractivity (Wildman–Crippen MR) is 86.9 cm³/mol. The number of nitro benzene ring substituents is 1. The van der Waals surface area contributed by atoms with Crippen molar-refractivity contribution in [3.8, 4) is 0 Å². The van der Waals surface area contributed by atoms with Crippen molar-refractivity contribution in [2.24, 2.45) is 0 Å². The van der Waals surface area contributed by atoms with Gasteiger partial charge in [0.25, 0.3) is 5.69 Å². The van der Waals surface area contributed by atoms with E-state index >= 15 is 0 Å². The lowest BCUT2D eigenvalue weighted by molar-refractivity contribution is -0.384. The lowest BCUT2D eigenvalue weighted by Gasteiger charge is -2.19. The summed E-state index contributed by atoms with van der Waals surface area (Å²) < 4.78 is 4.77. The number of carbonyl (C=O) groups excluding carboxylic acids is 2. The number of fused-ring (bicyclic) bond motifs is 1. The van der Waals surface area contributed by atoms with E-state index in [4.69, 9.17) is 0 Å². The summed E-state index contributed by atoms with van der Waals surface area (Å²) in [5.74, 6) is 0.0746. The van der Waals surface area contributed by atoms with Crippen molar-refractivity contribution < 1.29 is 14.5 Å². The predicted octanol–water partition coefficient (Wildman–Crippen LogP) is 2.47. The zero-order valence-corrected chi connectivity index (χ0v) is 13.3. The van der Waals surface area contributed by atoms with E-state index in [2.05, 4.69) is 15.0 Å². The van der Waals surface area contributed by atoms with E-state index in [0.717, 1.165) is 16.4 Å². The maximum atomic E-state index is 12.2. The lowest BCUT2D eigenvalue weighted by Crippen LogP contribution is -2.49. The third-order valence-corrected chi connectivity index (χ3v) is 3.74. The molecule has 0 aliphatic rings. The number of amides is 4. The van der Waals surface area contributed by atoms with Gasteiger partial charge in [-0.05, 0) is 31.4 Å². The highest BCUT2D eigenvalue weighted by Gasteiger charge is 2.27. The molecule has 0 aliphatic carbocycles. The molecular formula is C13H15N5O4S. The average molecular weight is 337 g/mol. The molecule has 1 aromatic carbocycles. The summed E-state index contributed by atoms with van der Waals surface area (Å²) >= 11 is 1.06. The number of hydrogen-bond donors (Lipinski definition) is 2. The smallest absolute Gasteiger partial charge is 0.331 e. The van der Waals surface area contributed by atoms with Crippen molar-refractivity contribution in [2.75, 3.05) is 18.0 Å². The minimum atomic E-state index is -0.642. The number of benzene rings is 1. The Balaban J connectivity index is 2.55. The highest BCUT2D eigenvalue weighted by atomic mass is 32.1. The van der Waals surface area contributed by atoms with Crippen molar-refractivity contribution in [1.29, 1.82) is 0 Å². The number of non-ortho nitro benzene ring substituents is 1. The van der Waals surface area contributed by atoms with E-state index in [1.165, 1.54) is 12.1 Å². The standard InChI is InChI=1S/C13H15N5O4S/c1-3-14-12(19)17(13(20)15-4-2)11-9-7-8(18(21)22)5-6-10(9)23-16-11/h5-7H,3-4H2,1-2H3,(H,14,19)(H,15,20). The van der Waals surface area contributed by atoms with Crippen LogP contribution in [-0.4, -0.2) is 34.4 Å². The average Bonchev–Trinajstić information content (AvgIpc) is 2.91. The molecular weight excluding hydrogens is 322 g/mol. The number of urea groups is 2. The molecule has 0 saturated heterocycles. The Bertz CT molecular complexity index is 742. The number of nitro groups is 1. The van der Waals surface area contributed by atoms with Gasteiger partial charge in [-0.3, -0.25) is 10.1 Å². The third kappa shape index (κ3) is 3.37. The van der Waals surface area contributed by atoms with Crippen LogP contribution in [0.2, 0.25) is 0 Å². The van der Waals surface area contributed by atoms with Crippen LogP contribution in [0.5, 0.6) is 0 Å². The van der Waals surface area contributed by atoms with E-state index in [-0.39, 0.29) is 11.5 Å². The fourth-order valence-corrected chi connectivity index (χ4v) is 2.68. The van der Waals surface area contributed by atoms with Crippen molar-refractivity contribution >= 4 is 45.2 Å². The van der Waals surface area contributed by atoms with Crippen LogP contribution in [0.1, 0.15) is 13.8 Å². The number of carbonyl (C=O) groups is 2. The molecule has 0 aliphatic heterocycles. The van der Waals surface area contributed by atoms with Crippen LogP contribution in [0, 0.1) is 10.1 Å². The Kier molecular flexibility index (Phi) is 5.06. The highest BCUT2D eigenvalue weighted by Crippen LogP contribution is 2.32. The van der Waals surface area contributed by atoms with Gasteiger partial charge in [0.1, 0.15) is 0 Å². The molecule has 2 N–H and O–H groups in total. The van der Waals surface area contributed by atoms with Gasteiger partial charge in [0.05, 0.1) is 9.62 Å². The molecule has 4 amide bonds. The molecule has 122 valence electrons. The molecule has 0 fully saturated rings. The number of rotatable bonds is 4. The van der Waals surface area contributed by atoms with E-state index in [9.17, 15) is 19.7 Å². The normalized spacial score (nSPS) is 10.3. The zero-order valence-electron chi connectivity index (χ0n) is 12.5. The summed E-state index contributed by atoms with van der Waals surface area (Å²) in [6.07, 6.45) is 0. The second kappa shape index (κ2) is 7.01. The van der Waals surface area contributed by atoms with E-state index in [1.807, 2.05) is 0 Å². The maximum absolute atomic E-state index is 12.2. The van der Waals surface area contributed by atoms with Gasteiger partial charge < -0.3 is 10.6 Å². The van der Waals surface area contributed by atoms with Gasteiger partial charge in [0, 0.05) is 30.6 Å². The minimum Gasteiger partial charge on any atom is -0.338 e. The lowest BCUT2D eigenvalue weighted by atomic mass is 10.2. The second-order valence-corrected chi connectivity index (χ2v) is 5.26. The van der Waals surface area contributed by atoms with Gasteiger partial charge in [-0.15, -0.1) is 0 Å². The molecule has 2 aromatic rings. The first-order chi connectivity index (χ1) is 11.0. The largest absolute Gasteiger partial charge is 0.338 e. The summed E-state index contributed by atoms with van der Waals surface area (Å²) in [5.41, 5.74) is -0.134. The van der Waals surface area contributed by atoms with Gasteiger partial charge >= 0.3 is 12.1 Å². The SMILES string of the molecule is CCNC(=O)N(C(=O)NCC)c1nsc2ccc([N+](=O)[O-])cc12. The Morgan fingerprint density at radius 1 is 1.26 bits per heavy atom. The van der Waals surface area contributed by atoms with Gasteiger partial charge in [0.2, 0.25) is 0 Å². The molecule has 0 bridgehead atoms. The summed E-state index contributed by atoms with van der Waals surface area (Å²) in [6, 6.07) is 2.92. The number of aromatic nitrogens is 1. The summed E-state index contributed by atoms with van der Waals surface area (Å²) in [6.45, 7) is 4.10.